The number of hydrogen-bond acceptors (Lipinski definition) is 5. The van der Waals surface area contributed by atoms with Gasteiger partial charge in [-0.2, -0.15) is 0 Å². The van der Waals surface area contributed by atoms with Crippen molar-refractivity contribution in [1.82, 2.24) is 9.88 Å². The number of carbonyl (C=O) groups is 2. The molecule has 1 unspecified atom stereocenters. The molecule has 1 atom stereocenters. The fourth-order valence-corrected chi connectivity index (χ4v) is 2.97. The van der Waals surface area contributed by atoms with Crippen molar-refractivity contribution in [3.63, 3.8) is 0 Å². The molecule has 1 aromatic rings. The lowest BCUT2D eigenvalue weighted by molar-refractivity contribution is -0.114. The van der Waals surface area contributed by atoms with Crippen LogP contribution >= 0.6 is 36.2 Å². The third kappa shape index (κ3) is 5.10. The minimum absolute atomic E-state index is 0. The number of likely N-dealkylation sites (tertiary alicyclic amines) is 1. The van der Waals surface area contributed by atoms with Gasteiger partial charge in [0.05, 0.1) is 0 Å². The zero-order valence-corrected chi connectivity index (χ0v) is 14.2. The van der Waals surface area contributed by atoms with E-state index in [9.17, 15) is 9.59 Å². The zero-order valence-electron chi connectivity index (χ0n) is 11.7. The second-order valence-corrected chi connectivity index (χ2v) is 5.46. The highest BCUT2D eigenvalue weighted by Crippen LogP contribution is 2.21. The van der Waals surface area contributed by atoms with Gasteiger partial charge in [-0.15, -0.1) is 36.2 Å². The normalized spacial score (nSPS) is 17.4. The summed E-state index contributed by atoms with van der Waals surface area (Å²) in [6, 6.07) is 0.104. The van der Waals surface area contributed by atoms with E-state index in [1.54, 1.807) is 10.3 Å². The van der Waals surface area contributed by atoms with Crippen molar-refractivity contribution >= 4 is 53.1 Å². The lowest BCUT2D eigenvalue weighted by atomic mass is 10.0. The summed E-state index contributed by atoms with van der Waals surface area (Å²) in [5, 5.41) is 4.71. The monoisotopic (exact) mass is 354 g/mol. The molecule has 0 spiro atoms. The summed E-state index contributed by atoms with van der Waals surface area (Å²) in [5.74, 6) is -0.283. The van der Waals surface area contributed by atoms with Crippen LogP contribution in [0.4, 0.5) is 5.13 Å². The average molecular weight is 355 g/mol. The first-order valence-corrected chi connectivity index (χ1v) is 7.24. The van der Waals surface area contributed by atoms with Gasteiger partial charge in [0.1, 0.15) is 5.69 Å². The molecule has 21 heavy (non-hydrogen) atoms. The fourth-order valence-electron chi connectivity index (χ4n) is 2.24. The molecule has 0 radical (unpaired) electrons. The molecule has 9 heteroatoms. The second kappa shape index (κ2) is 9.19. The van der Waals surface area contributed by atoms with Gasteiger partial charge in [-0.3, -0.25) is 9.59 Å². The van der Waals surface area contributed by atoms with Gasteiger partial charge in [0, 0.05) is 31.4 Å². The van der Waals surface area contributed by atoms with Crippen LogP contribution < -0.4 is 11.1 Å². The number of amides is 2. The van der Waals surface area contributed by atoms with Gasteiger partial charge in [0.2, 0.25) is 5.91 Å². The molecule has 2 amide bonds. The Labute approximate surface area is 140 Å². The topological polar surface area (TPSA) is 88.3 Å². The zero-order chi connectivity index (χ0) is 13.8. The van der Waals surface area contributed by atoms with E-state index < -0.39 is 0 Å². The Hall–Kier alpha value is -0.890. The van der Waals surface area contributed by atoms with Crippen LogP contribution in [0, 0.1) is 0 Å². The minimum Gasteiger partial charge on any atom is -0.333 e. The van der Waals surface area contributed by atoms with Crippen LogP contribution in [0.15, 0.2) is 5.38 Å². The van der Waals surface area contributed by atoms with E-state index in [1.807, 2.05) is 0 Å². The lowest BCUT2D eigenvalue weighted by Crippen LogP contribution is -2.47. The third-order valence-corrected chi connectivity index (χ3v) is 3.92. The summed E-state index contributed by atoms with van der Waals surface area (Å²) in [5.41, 5.74) is 6.10. The van der Waals surface area contributed by atoms with Crippen LogP contribution in [-0.4, -0.2) is 40.8 Å². The number of rotatable bonds is 3. The first-order valence-electron chi connectivity index (χ1n) is 6.36. The molecule has 1 aliphatic rings. The van der Waals surface area contributed by atoms with Crippen molar-refractivity contribution in [3.8, 4) is 0 Å². The predicted octanol–water partition coefficient (Wildman–Crippen LogP) is 1.90. The van der Waals surface area contributed by atoms with Gasteiger partial charge in [-0.05, 0) is 19.3 Å². The van der Waals surface area contributed by atoms with E-state index >= 15 is 0 Å². The highest BCUT2D eigenvalue weighted by Gasteiger charge is 2.27. The highest BCUT2D eigenvalue weighted by molar-refractivity contribution is 7.14. The average Bonchev–Trinajstić information content (AvgIpc) is 2.85. The molecule has 1 fully saturated rings. The SMILES string of the molecule is CC(=O)Nc1nc(C(=O)N2CCCCC2CN)cs1.Cl.Cl. The first-order chi connectivity index (χ1) is 9.11. The molecule has 3 N–H and O–H groups in total. The molecule has 0 aliphatic carbocycles. The van der Waals surface area contributed by atoms with E-state index in [2.05, 4.69) is 10.3 Å². The molecule has 2 heterocycles. The van der Waals surface area contributed by atoms with Gasteiger partial charge < -0.3 is 16.0 Å². The van der Waals surface area contributed by atoms with E-state index in [-0.39, 0.29) is 42.7 Å². The van der Waals surface area contributed by atoms with Gasteiger partial charge in [0.15, 0.2) is 5.13 Å². The molecule has 0 bridgehead atoms. The largest absolute Gasteiger partial charge is 0.333 e. The van der Waals surface area contributed by atoms with Crippen molar-refractivity contribution in [2.24, 2.45) is 5.73 Å². The Balaban J connectivity index is 0.00000200. The molecule has 120 valence electrons. The smallest absolute Gasteiger partial charge is 0.273 e. The van der Waals surface area contributed by atoms with Gasteiger partial charge in [-0.25, -0.2) is 4.98 Å². The van der Waals surface area contributed by atoms with E-state index in [0.29, 0.717) is 17.4 Å². The number of carbonyl (C=O) groups excluding carboxylic acids is 2. The predicted molar refractivity (Wildman–Crippen MR) is 88.6 cm³/mol. The minimum atomic E-state index is -0.189. The maximum absolute atomic E-state index is 12.4. The number of hydrogen-bond donors (Lipinski definition) is 2. The van der Waals surface area contributed by atoms with Crippen LogP contribution in [0.5, 0.6) is 0 Å². The fraction of sp³-hybridized carbons (Fsp3) is 0.583. The third-order valence-electron chi connectivity index (χ3n) is 3.17. The van der Waals surface area contributed by atoms with Crippen molar-refractivity contribution < 1.29 is 9.59 Å². The number of halogens is 2. The van der Waals surface area contributed by atoms with Crippen LogP contribution in [0.1, 0.15) is 36.7 Å². The molecule has 1 saturated heterocycles. The summed E-state index contributed by atoms with van der Waals surface area (Å²) < 4.78 is 0. The number of thiazole rings is 1. The summed E-state index contributed by atoms with van der Waals surface area (Å²) in [4.78, 5) is 29.3. The molecule has 0 aromatic carbocycles. The molecule has 1 aromatic heterocycles. The van der Waals surface area contributed by atoms with Crippen LogP contribution in [-0.2, 0) is 4.79 Å². The molecule has 6 nitrogen and oxygen atoms in total. The number of nitrogens with two attached hydrogens (primary N) is 1. The van der Waals surface area contributed by atoms with Crippen molar-refractivity contribution in [1.29, 1.82) is 0 Å². The Kier molecular flexibility index (Phi) is 8.80. The summed E-state index contributed by atoms with van der Waals surface area (Å²) in [7, 11) is 0. The van der Waals surface area contributed by atoms with Crippen LogP contribution in [0.25, 0.3) is 0 Å². The maximum Gasteiger partial charge on any atom is 0.273 e. The Bertz CT molecular complexity index is 484. The Morgan fingerprint density at radius 2 is 2.19 bits per heavy atom. The number of anilines is 1. The van der Waals surface area contributed by atoms with Gasteiger partial charge >= 0.3 is 0 Å². The quantitative estimate of drug-likeness (QED) is 0.867. The number of nitrogens with zero attached hydrogens (tertiary/aromatic N) is 2. The van der Waals surface area contributed by atoms with Crippen molar-refractivity contribution in [2.45, 2.75) is 32.2 Å². The number of piperidine rings is 1. The number of aromatic nitrogens is 1. The summed E-state index contributed by atoms with van der Waals surface area (Å²) in [6.45, 7) is 2.63. The summed E-state index contributed by atoms with van der Waals surface area (Å²) >= 11 is 1.26. The van der Waals surface area contributed by atoms with Gasteiger partial charge in [-0.1, -0.05) is 0 Å². The first kappa shape index (κ1) is 20.1. The highest BCUT2D eigenvalue weighted by atomic mass is 35.5. The molecule has 1 aliphatic heterocycles. The van der Waals surface area contributed by atoms with Crippen LogP contribution in [0.3, 0.4) is 0 Å². The van der Waals surface area contributed by atoms with E-state index in [0.717, 1.165) is 25.8 Å². The maximum atomic E-state index is 12.4. The Morgan fingerprint density at radius 3 is 2.81 bits per heavy atom. The standard InChI is InChI=1S/C12H18N4O2S.2ClH/c1-8(17)14-12-15-10(7-19-12)11(18)16-5-3-2-4-9(16)6-13;;/h7,9H,2-6,13H2,1H3,(H,14,15,17);2*1H. The molecule has 0 saturated carbocycles. The van der Waals surface area contributed by atoms with E-state index in [4.69, 9.17) is 5.73 Å². The number of nitrogens with one attached hydrogen (secondary N) is 1. The molecular weight excluding hydrogens is 335 g/mol. The molecular formula is C12H20Cl2N4O2S. The van der Waals surface area contributed by atoms with Crippen LogP contribution in [0.2, 0.25) is 0 Å². The molecule has 2 rings (SSSR count). The van der Waals surface area contributed by atoms with E-state index in [1.165, 1.54) is 18.3 Å². The van der Waals surface area contributed by atoms with Crippen molar-refractivity contribution in [2.75, 3.05) is 18.4 Å². The van der Waals surface area contributed by atoms with Crippen molar-refractivity contribution in [3.05, 3.63) is 11.1 Å². The lowest BCUT2D eigenvalue weighted by Gasteiger charge is -2.34. The Morgan fingerprint density at radius 1 is 1.48 bits per heavy atom. The second-order valence-electron chi connectivity index (χ2n) is 4.60. The summed E-state index contributed by atoms with van der Waals surface area (Å²) in [6.07, 6.45) is 3.07. The van der Waals surface area contributed by atoms with Gasteiger partial charge in [0.25, 0.3) is 5.91 Å².